The van der Waals surface area contributed by atoms with Crippen LogP contribution in [0.25, 0.3) is 6.08 Å². The van der Waals surface area contributed by atoms with E-state index in [1.54, 1.807) is 36.4 Å². The number of carboxylic acids is 1. The van der Waals surface area contributed by atoms with E-state index in [1.807, 2.05) is 32.0 Å². The number of ether oxygens (including phenoxy) is 1. The van der Waals surface area contributed by atoms with Crippen LogP contribution in [-0.2, 0) is 11.4 Å². The molecule has 0 saturated heterocycles. The molecule has 3 aromatic carbocycles. The van der Waals surface area contributed by atoms with Crippen molar-refractivity contribution in [1.82, 2.24) is 0 Å². The van der Waals surface area contributed by atoms with E-state index in [0.717, 1.165) is 21.2 Å². The van der Waals surface area contributed by atoms with Crippen molar-refractivity contribution in [2.24, 2.45) is 0 Å². The number of carbonyl (C=O) groups is 2. The average Bonchev–Trinajstić information content (AvgIpc) is 2.78. The van der Waals surface area contributed by atoms with Gasteiger partial charge in [0.2, 0.25) is 0 Å². The van der Waals surface area contributed by atoms with Gasteiger partial charge in [0.1, 0.15) is 24.0 Å². The highest BCUT2D eigenvalue weighted by Crippen LogP contribution is 2.27. The predicted octanol–water partition coefficient (Wildman–Crippen LogP) is 5.89. The Kier molecular flexibility index (Phi) is 7.65. The van der Waals surface area contributed by atoms with Crippen molar-refractivity contribution in [3.63, 3.8) is 0 Å². The van der Waals surface area contributed by atoms with E-state index in [2.05, 4.69) is 21.2 Å². The molecule has 2 N–H and O–H groups in total. The number of benzene rings is 3. The molecule has 0 radical (unpaired) electrons. The summed E-state index contributed by atoms with van der Waals surface area (Å²) in [6, 6.07) is 19.3. The highest BCUT2D eigenvalue weighted by Gasteiger charge is 2.13. The number of carbonyl (C=O) groups excluding carboxylic acids is 1. The number of aromatic carboxylic acids is 1. The van der Waals surface area contributed by atoms with Crippen LogP contribution in [0, 0.1) is 25.2 Å². The quantitative estimate of drug-likeness (QED) is 0.308. The summed E-state index contributed by atoms with van der Waals surface area (Å²) in [6.45, 7) is 4.05. The van der Waals surface area contributed by atoms with Crippen molar-refractivity contribution in [2.45, 2.75) is 20.5 Å². The van der Waals surface area contributed by atoms with Crippen LogP contribution in [0.3, 0.4) is 0 Å². The molecule has 0 fully saturated rings. The summed E-state index contributed by atoms with van der Waals surface area (Å²) in [5.74, 6) is -1.03. The number of nitriles is 1. The number of nitrogens with zero attached hydrogens (tertiary/aromatic N) is 1. The number of amides is 1. The minimum atomic E-state index is -0.994. The Morgan fingerprint density at radius 3 is 2.45 bits per heavy atom. The molecule has 0 aliphatic rings. The second kappa shape index (κ2) is 10.6. The van der Waals surface area contributed by atoms with E-state index in [4.69, 9.17) is 9.84 Å². The molecule has 1 amide bonds. The first-order valence-corrected chi connectivity index (χ1v) is 10.8. The molecule has 166 valence electrons. The first-order valence-electron chi connectivity index (χ1n) is 10.0. The van der Waals surface area contributed by atoms with Crippen LogP contribution < -0.4 is 10.1 Å². The Morgan fingerprint density at radius 2 is 1.82 bits per heavy atom. The van der Waals surface area contributed by atoms with Crippen molar-refractivity contribution in [1.29, 1.82) is 5.26 Å². The minimum Gasteiger partial charge on any atom is -0.488 e. The van der Waals surface area contributed by atoms with E-state index in [-0.39, 0.29) is 17.7 Å². The Labute approximate surface area is 200 Å². The van der Waals surface area contributed by atoms with E-state index < -0.39 is 11.9 Å². The standard InChI is InChI=1S/C26H21BrN2O4/c1-16-3-9-23(17(2)11-16)29-25(30)21(14-28)12-20-13-22(27)8-10-24(20)33-15-18-4-6-19(7-5-18)26(31)32/h3-13H,15H2,1-2H3,(H,29,30)(H,31,32)/b21-12+. The number of anilines is 1. The monoisotopic (exact) mass is 504 g/mol. The second-order valence-corrected chi connectivity index (χ2v) is 8.33. The summed E-state index contributed by atoms with van der Waals surface area (Å²) in [6.07, 6.45) is 1.48. The van der Waals surface area contributed by atoms with Crippen molar-refractivity contribution < 1.29 is 19.4 Å². The Bertz CT molecular complexity index is 1270. The second-order valence-electron chi connectivity index (χ2n) is 7.42. The topological polar surface area (TPSA) is 99.4 Å². The first-order chi connectivity index (χ1) is 15.8. The van der Waals surface area contributed by atoms with Gasteiger partial charge in [-0.2, -0.15) is 5.26 Å². The molecule has 0 unspecified atom stereocenters. The predicted molar refractivity (Wildman–Crippen MR) is 130 cm³/mol. The van der Waals surface area contributed by atoms with Crippen LogP contribution in [-0.4, -0.2) is 17.0 Å². The number of nitrogens with one attached hydrogen (secondary N) is 1. The van der Waals surface area contributed by atoms with Crippen LogP contribution >= 0.6 is 15.9 Å². The fraction of sp³-hybridized carbons (Fsp3) is 0.115. The van der Waals surface area contributed by atoms with Crippen molar-refractivity contribution in [2.75, 3.05) is 5.32 Å². The lowest BCUT2D eigenvalue weighted by Gasteiger charge is -2.11. The molecule has 0 aliphatic heterocycles. The molecule has 0 heterocycles. The largest absolute Gasteiger partial charge is 0.488 e. The highest BCUT2D eigenvalue weighted by molar-refractivity contribution is 9.10. The highest BCUT2D eigenvalue weighted by atomic mass is 79.9. The lowest BCUT2D eigenvalue weighted by molar-refractivity contribution is -0.112. The van der Waals surface area contributed by atoms with Gasteiger partial charge in [-0.15, -0.1) is 0 Å². The Balaban J connectivity index is 1.81. The zero-order valence-corrected chi connectivity index (χ0v) is 19.6. The van der Waals surface area contributed by atoms with Gasteiger partial charge in [-0.1, -0.05) is 45.8 Å². The molecule has 0 saturated carbocycles. The molecular weight excluding hydrogens is 484 g/mol. The normalized spacial score (nSPS) is 10.9. The van der Waals surface area contributed by atoms with Gasteiger partial charge in [-0.25, -0.2) is 4.79 Å². The molecule has 0 aliphatic carbocycles. The number of rotatable bonds is 7. The molecule has 7 heteroatoms. The number of hydrogen-bond acceptors (Lipinski definition) is 4. The molecule has 3 rings (SSSR count). The van der Waals surface area contributed by atoms with E-state index in [9.17, 15) is 14.9 Å². The van der Waals surface area contributed by atoms with E-state index in [1.165, 1.54) is 18.2 Å². The summed E-state index contributed by atoms with van der Waals surface area (Å²) in [5, 5.41) is 21.4. The van der Waals surface area contributed by atoms with Crippen molar-refractivity contribution >= 4 is 39.6 Å². The minimum absolute atomic E-state index is 0.0660. The lowest BCUT2D eigenvalue weighted by Crippen LogP contribution is -2.14. The third kappa shape index (κ3) is 6.31. The summed E-state index contributed by atoms with van der Waals surface area (Å²) < 4.78 is 6.66. The maximum atomic E-state index is 12.7. The Hall–Kier alpha value is -3.89. The van der Waals surface area contributed by atoms with Crippen LogP contribution in [0.15, 0.2) is 70.7 Å². The molecule has 0 bridgehead atoms. The molecular formula is C26H21BrN2O4. The van der Waals surface area contributed by atoms with Crippen LogP contribution in [0.1, 0.15) is 32.6 Å². The number of carboxylic acid groups (broad SMARTS) is 1. The zero-order valence-electron chi connectivity index (χ0n) is 18.1. The Morgan fingerprint density at radius 1 is 1.09 bits per heavy atom. The average molecular weight is 505 g/mol. The third-order valence-electron chi connectivity index (χ3n) is 4.86. The van der Waals surface area contributed by atoms with Gasteiger partial charge in [0.15, 0.2) is 0 Å². The molecule has 6 nitrogen and oxygen atoms in total. The SMILES string of the molecule is Cc1ccc(NC(=O)/C(C#N)=C/c2cc(Br)ccc2OCc2ccc(C(=O)O)cc2)c(C)c1. The lowest BCUT2D eigenvalue weighted by atomic mass is 10.1. The van der Waals surface area contributed by atoms with Crippen LogP contribution in [0.4, 0.5) is 5.69 Å². The first kappa shape index (κ1) is 23.8. The maximum absolute atomic E-state index is 12.7. The van der Waals surface area contributed by atoms with Gasteiger partial charge in [0.05, 0.1) is 5.56 Å². The maximum Gasteiger partial charge on any atom is 0.335 e. The number of halogens is 1. The van der Waals surface area contributed by atoms with Gasteiger partial charge in [0.25, 0.3) is 5.91 Å². The molecule has 0 spiro atoms. The van der Waals surface area contributed by atoms with Crippen molar-refractivity contribution in [3.8, 4) is 11.8 Å². The van der Waals surface area contributed by atoms with Gasteiger partial charge >= 0.3 is 5.97 Å². The van der Waals surface area contributed by atoms with Crippen molar-refractivity contribution in [3.05, 3.63) is 98.5 Å². The van der Waals surface area contributed by atoms with Crippen LogP contribution in [0.2, 0.25) is 0 Å². The summed E-state index contributed by atoms with van der Waals surface area (Å²) >= 11 is 3.41. The fourth-order valence-corrected chi connectivity index (χ4v) is 3.49. The molecule has 0 aromatic heterocycles. The van der Waals surface area contributed by atoms with Gasteiger partial charge in [0, 0.05) is 15.7 Å². The summed E-state index contributed by atoms with van der Waals surface area (Å²) in [4.78, 5) is 23.7. The molecule has 3 aromatic rings. The summed E-state index contributed by atoms with van der Waals surface area (Å²) in [7, 11) is 0. The number of hydrogen-bond donors (Lipinski definition) is 2. The summed E-state index contributed by atoms with van der Waals surface area (Å²) in [5.41, 5.74) is 4.09. The van der Waals surface area contributed by atoms with Gasteiger partial charge in [-0.3, -0.25) is 4.79 Å². The van der Waals surface area contributed by atoms with E-state index >= 15 is 0 Å². The van der Waals surface area contributed by atoms with Gasteiger partial charge < -0.3 is 15.2 Å². The number of aryl methyl sites for hydroxylation is 2. The van der Waals surface area contributed by atoms with Crippen LogP contribution in [0.5, 0.6) is 5.75 Å². The van der Waals surface area contributed by atoms with Gasteiger partial charge in [-0.05, 0) is 67.4 Å². The molecule has 33 heavy (non-hydrogen) atoms. The zero-order chi connectivity index (χ0) is 24.0. The molecule has 0 atom stereocenters. The fourth-order valence-electron chi connectivity index (χ4n) is 3.12. The smallest absolute Gasteiger partial charge is 0.335 e. The van der Waals surface area contributed by atoms with E-state index in [0.29, 0.717) is 17.0 Å². The third-order valence-corrected chi connectivity index (χ3v) is 5.36.